The number of anilines is 2. The minimum atomic E-state index is -1.41. The summed E-state index contributed by atoms with van der Waals surface area (Å²) in [6.45, 7) is 0. The van der Waals surface area contributed by atoms with Gasteiger partial charge in [0.15, 0.2) is 0 Å². The average Bonchev–Trinajstić information content (AvgIpc) is 1.99. The van der Waals surface area contributed by atoms with Gasteiger partial charge in [-0.25, -0.2) is 13.0 Å². The molecule has 0 spiro atoms. The quantitative estimate of drug-likeness (QED) is 0.715. The minimum Gasteiger partial charge on any atom is -0.396 e. The van der Waals surface area contributed by atoms with E-state index in [-0.39, 0.29) is 11.4 Å². The number of nitrogens with one attached hydrogen (secondary N) is 1. The van der Waals surface area contributed by atoms with Crippen LogP contribution in [0.1, 0.15) is 0 Å². The summed E-state index contributed by atoms with van der Waals surface area (Å²) < 4.78 is 38.5. The van der Waals surface area contributed by atoms with E-state index in [1.807, 2.05) is 0 Å². The number of halogens is 2. The van der Waals surface area contributed by atoms with Crippen LogP contribution in [0.3, 0.4) is 0 Å². The van der Waals surface area contributed by atoms with Gasteiger partial charge < -0.3 is 10.5 Å². The molecule has 1 rings (SSSR count). The normalized spacial score (nSPS) is 12.5. The first-order valence-corrected chi connectivity index (χ1v) is 4.91. The topological polar surface area (TPSA) is 55.1 Å². The van der Waals surface area contributed by atoms with E-state index < -0.39 is 22.6 Å². The Morgan fingerprint density at radius 1 is 1.38 bits per heavy atom. The second-order valence-electron chi connectivity index (χ2n) is 2.41. The molecule has 0 aromatic heterocycles. The summed E-state index contributed by atoms with van der Waals surface area (Å²) in [5, 5.41) is 0. The molecule has 6 heteroatoms. The molecule has 13 heavy (non-hydrogen) atoms. The van der Waals surface area contributed by atoms with Gasteiger partial charge in [-0.3, -0.25) is 0 Å². The SMILES string of the molecule is CS(=O)Nc1cc(N)c(F)cc1F. The summed E-state index contributed by atoms with van der Waals surface area (Å²) in [5.41, 5.74) is 4.93. The van der Waals surface area contributed by atoms with Crippen molar-refractivity contribution in [2.24, 2.45) is 0 Å². The molecule has 3 N–H and O–H groups in total. The lowest BCUT2D eigenvalue weighted by atomic mass is 10.2. The molecule has 0 amide bonds. The van der Waals surface area contributed by atoms with Crippen molar-refractivity contribution < 1.29 is 13.0 Å². The smallest absolute Gasteiger partial charge is 0.150 e. The summed E-state index contributed by atoms with van der Waals surface area (Å²) >= 11 is 0. The van der Waals surface area contributed by atoms with Crippen molar-refractivity contribution in [3.63, 3.8) is 0 Å². The van der Waals surface area contributed by atoms with Crippen LogP contribution in [0.4, 0.5) is 20.2 Å². The Hall–Kier alpha value is -1.17. The lowest BCUT2D eigenvalue weighted by Crippen LogP contribution is -2.04. The highest BCUT2D eigenvalue weighted by Gasteiger charge is 2.07. The Morgan fingerprint density at radius 2 is 2.00 bits per heavy atom. The number of hydrogen-bond donors (Lipinski definition) is 2. The molecule has 3 nitrogen and oxygen atoms in total. The summed E-state index contributed by atoms with van der Waals surface area (Å²) in [6.07, 6.45) is 1.33. The van der Waals surface area contributed by atoms with Gasteiger partial charge >= 0.3 is 0 Å². The molecule has 0 aliphatic heterocycles. The lowest BCUT2D eigenvalue weighted by molar-refractivity contribution is 0.589. The Balaban J connectivity index is 3.08. The number of benzene rings is 1. The summed E-state index contributed by atoms with van der Waals surface area (Å²) in [5.74, 6) is -1.65. The zero-order chi connectivity index (χ0) is 10.0. The highest BCUT2D eigenvalue weighted by Crippen LogP contribution is 2.20. The number of nitrogens with two attached hydrogens (primary N) is 1. The van der Waals surface area contributed by atoms with E-state index >= 15 is 0 Å². The summed E-state index contributed by atoms with van der Waals surface area (Å²) in [4.78, 5) is 0. The van der Waals surface area contributed by atoms with Gasteiger partial charge in [-0.1, -0.05) is 0 Å². The number of hydrogen-bond acceptors (Lipinski definition) is 2. The molecule has 0 saturated carbocycles. The maximum atomic E-state index is 12.9. The molecule has 1 aromatic rings. The lowest BCUT2D eigenvalue weighted by Gasteiger charge is -2.05. The van der Waals surface area contributed by atoms with Gasteiger partial charge in [0.25, 0.3) is 0 Å². The van der Waals surface area contributed by atoms with Crippen LogP contribution in [0.15, 0.2) is 12.1 Å². The molecule has 1 aromatic carbocycles. The predicted octanol–water partition coefficient (Wildman–Crippen LogP) is 1.25. The Bertz CT molecular complexity index is 357. The standard InChI is InChI=1S/C7H8F2N2OS/c1-13(12)11-7-3-6(10)4(8)2-5(7)9/h2-3,11H,10H2,1H3. The van der Waals surface area contributed by atoms with E-state index in [1.165, 1.54) is 6.26 Å². The molecule has 1 atom stereocenters. The van der Waals surface area contributed by atoms with Gasteiger partial charge in [0.2, 0.25) is 0 Å². The average molecular weight is 206 g/mol. The molecule has 0 bridgehead atoms. The zero-order valence-electron chi connectivity index (χ0n) is 6.80. The van der Waals surface area contributed by atoms with Crippen LogP contribution in [0.25, 0.3) is 0 Å². The minimum absolute atomic E-state index is 0.0697. The van der Waals surface area contributed by atoms with E-state index in [9.17, 15) is 13.0 Å². The molecular weight excluding hydrogens is 198 g/mol. The second-order valence-corrected chi connectivity index (χ2v) is 3.52. The first kappa shape index (κ1) is 9.91. The maximum absolute atomic E-state index is 12.9. The molecule has 0 heterocycles. The molecule has 0 fully saturated rings. The van der Waals surface area contributed by atoms with E-state index in [0.29, 0.717) is 6.07 Å². The third-order valence-electron chi connectivity index (χ3n) is 1.34. The maximum Gasteiger partial charge on any atom is 0.150 e. The predicted molar refractivity (Wildman–Crippen MR) is 48.5 cm³/mol. The van der Waals surface area contributed by atoms with Crippen LogP contribution in [-0.2, 0) is 11.0 Å². The number of rotatable bonds is 2. The second kappa shape index (κ2) is 3.69. The van der Waals surface area contributed by atoms with Crippen LogP contribution in [0, 0.1) is 11.6 Å². The van der Waals surface area contributed by atoms with E-state index in [1.54, 1.807) is 0 Å². The van der Waals surface area contributed by atoms with Gasteiger partial charge in [0.1, 0.15) is 22.6 Å². The van der Waals surface area contributed by atoms with Crippen molar-refractivity contribution in [1.82, 2.24) is 0 Å². The third kappa shape index (κ3) is 2.38. The van der Waals surface area contributed by atoms with Gasteiger partial charge in [-0.15, -0.1) is 0 Å². The van der Waals surface area contributed by atoms with Crippen molar-refractivity contribution in [3.8, 4) is 0 Å². The molecule has 0 saturated heterocycles. The van der Waals surface area contributed by atoms with Crippen LogP contribution >= 0.6 is 0 Å². The van der Waals surface area contributed by atoms with E-state index in [2.05, 4.69) is 4.72 Å². The van der Waals surface area contributed by atoms with Crippen molar-refractivity contribution in [3.05, 3.63) is 23.8 Å². The fourth-order valence-corrected chi connectivity index (χ4v) is 1.26. The highest BCUT2D eigenvalue weighted by molar-refractivity contribution is 7.85. The third-order valence-corrected chi connectivity index (χ3v) is 1.85. The molecule has 1 unspecified atom stereocenters. The van der Waals surface area contributed by atoms with Crippen molar-refractivity contribution in [1.29, 1.82) is 0 Å². The molecule has 0 aliphatic carbocycles. The first-order valence-electron chi connectivity index (χ1n) is 3.35. The molecular formula is C7H8F2N2OS. The monoisotopic (exact) mass is 206 g/mol. The van der Waals surface area contributed by atoms with Gasteiger partial charge in [0.05, 0.1) is 11.4 Å². The van der Waals surface area contributed by atoms with Gasteiger partial charge in [0, 0.05) is 12.3 Å². The fourth-order valence-electron chi connectivity index (χ4n) is 0.799. The molecule has 0 aliphatic rings. The van der Waals surface area contributed by atoms with E-state index in [0.717, 1.165) is 6.07 Å². The van der Waals surface area contributed by atoms with Gasteiger partial charge in [-0.2, -0.15) is 0 Å². The Labute approximate surface area is 76.5 Å². The van der Waals surface area contributed by atoms with E-state index in [4.69, 9.17) is 5.73 Å². The highest BCUT2D eigenvalue weighted by atomic mass is 32.2. The summed E-state index contributed by atoms with van der Waals surface area (Å²) in [7, 11) is -1.41. The van der Waals surface area contributed by atoms with Crippen molar-refractivity contribution in [2.75, 3.05) is 16.7 Å². The largest absolute Gasteiger partial charge is 0.396 e. The molecule has 72 valence electrons. The summed E-state index contributed by atoms with van der Waals surface area (Å²) in [6, 6.07) is 1.70. The molecule has 0 radical (unpaired) electrons. The Morgan fingerprint density at radius 3 is 2.54 bits per heavy atom. The van der Waals surface area contributed by atoms with Crippen LogP contribution in [0.2, 0.25) is 0 Å². The van der Waals surface area contributed by atoms with Gasteiger partial charge in [-0.05, 0) is 6.07 Å². The Kier molecular flexibility index (Phi) is 2.82. The van der Waals surface area contributed by atoms with Crippen molar-refractivity contribution in [2.45, 2.75) is 0 Å². The first-order chi connectivity index (χ1) is 6.00. The number of nitrogen functional groups attached to an aromatic ring is 1. The van der Waals surface area contributed by atoms with Crippen LogP contribution in [0.5, 0.6) is 0 Å². The fraction of sp³-hybridized carbons (Fsp3) is 0.143. The zero-order valence-corrected chi connectivity index (χ0v) is 7.62. The van der Waals surface area contributed by atoms with Crippen molar-refractivity contribution >= 4 is 22.4 Å². The van der Waals surface area contributed by atoms with Crippen LogP contribution < -0.4 is 10.5 Å². The van der Waals surface area contributed by atoms with Crippen LogP contribution in [-0.4, -0.2) is 10.5 Å².